The number of hydrogen-bond donors (Lipinski definition) is 1. The molecular formula is C14H14N4O2S. The van der Waals surface area contributed by atoms with E-state index in [0.29, 0.717) is 12.4 Å². The normalized spacial score (nSPS) is 10.7. The maximum Gasteiger partial charge on any atom is 0.226 e. The quantitative estimate of drug-likeness (QED) is 0.778. The van der Waals surface area contributed by atoms with Crippen molar-refractivity contribution in [2.24, 2.45) is 0 Å². The van der Waals surface area contributed by atoms with Gasteiger partial charge in [0.05, 0.1) is 19.2 Å². The summed E-state index contributed by atoms with van der Waals surface area (Å²) >= 11 is 1.55. The summed E-state index contributed by atoms with van der Waals surface area (Å²) in [6.07, 6.45) is 5.74. The van der Waals surface area contributed by atoms with Gasteiger partial charge in [0, 0.05) is 36.6 Å². The number of carbonyl (C=O) groups is 1. The minimum absolute atomic E-state index is 0.0588. The highest BCUT2D eigenvalue weighted by atomic mass is 32.1. The molecule has 108 valence electrons. The number of thiazole rings is 1. The van der Waals surface area contributed by atoms with Crippen molar-refractivity contribution in [3.8, 4) is 5.88 Å². The largest absolute Gasteiger partial charge is 0.481 e. The van der Waals surface area contributed by atoms with E-state index in [9.17, 15) is 4.79 Å². The number of fused-ring (bicyclic) bond motifs is 1. The van der Waals surface area contributed by atoms with Gasteiger partial charge in [-0.05, 0) is 11.6 Å². The van der Waals surface area contributed by atoms with Gasteiger partial charge in [0.25, 0.3) is 0 Å². The van der Waals surface area contributed by atoms with Gasteiger partial charge < -0.3 is 10.1 Å². The summed E-state index contributed by atoms with van der Waals surface area (Å²) in [5.74, 6) is 0.479. The third kappa shape index (κ3) is 3.19. The van der Waals surface area contributed by atoms with E-state index in [-0.39, 0.29) is 12.3 Å². The zero-order valence-electron chi connectivity index (χ0n) is 11.4. The SMILES string of the molecule is COc1cc(CNC(=O)Cc2cn3ccsc3n2)ccn1. The first kappa shape index (κ1) is 13.6. The fourth-order valence-electron chi connectivity index (χ4n) is 1.96. The van der Waals surface area contributed by atoms with Crippen molar-refractivity contribution in [1.29, 1.82) is 0 Å². The molecule has 0 aliphatic rings. The number of nitrogens with one attached hydrogen (secondary N) is 1. The van der Waals surface area contributed by atoms with E-state index in [1.54, 1.807) is 30.7 Å². The van der Waals surface area contributed by atoms with E-state index >= 15 is 0 Å². The predicted molar refractivity (Wildman–Crippen MR) is 79.4 cm³/mol. The average molecular weight is 302 g/mol. The zero-order chi connectivity index (χ0) is 14.7. The van der Waals surface area contributed by atoms with Gasteiger partial charge in [-0.2, -0.15) is 0 Å². The number of rotatable bonds is 5. The van der Waals surface area contributed by atoms with Crippen LogP contribution in [0.5, 0.6) is 5.88 Å². The summed E-state index contributed by atoms with van der Waals surface area (Å²) in [4.78, 5) is 21.2. The van der Waals surface area contributed by atoms with Crippen LogP contribution in [0.25, 0.3) is 4.96 Å². The highest BCUT2D eigenvalue weighted by Gasteiger charge is 2.08. The molecule has 0 spiro atoms. The molecule has 0 atom stereocenters. The number of aromatic nitrogens is 3. The summed E-state index contributed by atoms with van der Waals surface area (Å²) in [5.41, 5.74) is 1.72. The lowest BCUT2D eigenvalue weighted by molar-refractivity contribution is -0.120. The summed E-state index contributed by atoms with van der Waals surface area (Å²) in [6, 6.07) is 3.64. The van der Waals surface area contributed by atoms with Crippen LogP contribution >= 0.6 is 11.3 Å². The second-order valence-corrected chi connectivity index (χ2v) is 5.36. The van der Waals surface area contributed by atoms with Crippen LogP contribution in [-0.2, 0) is 17.8 Å². The van der Waals surface area contributed by atoms with Crippen LogP contribution in [0.1, 0.15) is 11.3 Å². The van der Waals surface area contributed by atoms with E-state index in [1.807, 2.05) is 28.2 Å². The van der Waals surface area contributed by atoms with Crippen LogP contribution in [-0.4, -0.2) is 27.4 Å². The Kier molecular flexibility index (Phi) is 3.83. The molecule has 0 bridgehead atoms. The standard InChI is InChI=1S/C14H14N4O2S/c1-20-13-6-10(2-3-15-13)8-16-12(19)7-11-9-18-4-5-21-14(18)17-11/h2-6,9H,7-8H2,1H3,(H,16,19). The maximum absolute atomic E-state index is 11.9. The monoisotopic (exact) mass is 302 g/mol. The lowest BCUT2D eigenvalue weighted by Gasteiger charge is -2.05. The number of hydrogen-bond acceptors (Lipinski definition) is 5. The molecule has 3 aromatic rings. The Morgan fingerprint density at radius 1 is 1.52 bits per heavy atom. The van der Waals surface area contributed by atoms with Gasteiger partial charge >= 0.3 is 0 Å². The molecule has 0 saturated carbocycles. The van der Waals surface area contributed by atoms with E-state index < -0.39 is 0 Å². The Hall–Kier alpha value is -2.41. The molecule has 0 fully saturated rings. The van der Waals surface area contributed by atoms with E-state index in [0.717, 1.165) is 16.2 Å². The first-order valence-corrected chi connectivity index (χ1v) is 7.29. The number of pyridine rings is 1. The number of nitrogens with zero attached hydrogens (tertiary/aromatic N) is 3. The predicted octanol–water partition coefficient (Wildman–Crippen LogP) is 1.66. The third-order valence-corrected chi connectivity index (χ3v) is 3.75. The number of amides is 1. The van der Waals surface area contributed by atoms with Gasteiger partial charge in [-0.1, -0.05) is 0 Å². The second-order valence-electron chi connectivity index (χ2n) is 4.49. The van der Waals surface area contributed by atoms with Crippen LogP contribution in [0.2, 0.25) is 0 Å². The van der Waals surface area contributed by atoms with Gasteiger partial charge in [0.15, 0.2) is 4.96 Å². The molecule has 0 radical (unpaired) electrons. The molecule has 1 amide bonds. The highest BCUT2D eigenvalue weighted by molar-refractivity contribution is 7.15. The molecule has 0 unspecified atom stereocenters. The molecule has 21 heavy (non-hydrogen) atoms. The summed E-state index contributed by atoms with van der Waals surface area (Å²) < 4.78 is 6.96. The van der Waals surface area contributed by atoms with Gasteiger partial charge in [0.1, 0.15) is 0 Å². The molecule has 0 aromatic carbocycles. The van der Waals surface area contributed by atoms with Gasteiger partial charge in [0.2, 0.25) is 11.8 Å². The number of ether oxygens (including phenoxy) is 1. The fraction of sp³-hybridized carbons (Fsp3) is 0.214. The second kappa shape index (κ2) is 5.92. The molecule has 7 heteroatoms. The minimum Gasteiger partial charge on any atom is -0.481 e. The zero-order valence-corrected chi connectivity index (χ0v) is 12.3. The van der Waals surface area contributed by atoms with Crippen molar-refractivity contribution >= 4 is 22.2 Å². The molecule has 3 rings (SSSR count). The maximum atomic E-state index is 11.9. The minimum atomic E-state index is -0.0588. The molecule has 0 saturated heterocycles. The molecule has 3 heterocycles. The van der Waals surface area contributed by atoms with Crippen LogP contribution in [0.3, 0.4) is 0 Å². The molecule has 0 aliphatic heterocycles. The molecule has 3 aromatic heterocycles. The van der Waals surface area contributed by atoms with Crippen LogP contribution < -0.4 is 10.1 Å². The van der Waals surface area contributed by atoms with Gasteiger partial charge in [-0.25, -0.2) is 9.97 Å². The fourth-order valence-corrected chi connectivity index (χ4v) is 2.68. The Morgan fingerprint density at radius 2 is 2.43 bits per heavy atom. The lowest BCUT2D eigenvalue weighted by atomic mass is 10.2. The van der Waals surface area contributed by atoms with Crippen molar-refractivity contribution < 1.29 is 9.53 Å². The van der Waals surface area contributed by atoms with Gasteiger partial charge in [-0.3, -0.25) is 9.20 Å². The van der Waals surface area contributed by atoms with Crippen LogP contribution in [0.4, 0.5) is 0 Å². The first-order valence-electron chi connectivity index (χ1n) is 6.41. The molecule has 0 aliphatic carbocycles. The number of methoxy groups -OCH3 is 1. The third-order valence-electron chi connectivity index (χ3n) is 2.98. The smallest absolute Gasteiger partial charge is 0.226 e. The van der Waals surface area contributed by atoms with Crippen molar-refractivity contribution in [1.82, 2.24) is 19.7 Å². The average Bonchev–Trinajstić information content (AvgIpc) is 3.06. The van der Waals surface area contributed by atoms with E-state index in [2.05, 4.69) is 15.3 Å². The van der Waals surface area contributed by atoms with Crippen molar-refractivity contribution in [2.75, 3.05) is 7.11 Å². The number of imidazole rings is 1. The van der Waals surface area contributed by atoms with Crippen LogP contribution in [0.15, 0.2) is 36.1 Å². The number of carbonyl (C=O) groups excluding carboxylic acids is 1. The Morgan fingerprint density at radius 3 is 3.24 bits per heavy atom. The highest BCUT2D eigenvalue weighted by Crippen LogP contribution is 2.12. The van der Waals surface area contributed by atoms with E-state index in [4.69, 9.17) is 4.74 Å². The van der Waals surface area contributed by atoms with Crippen molar-refractivity contribution in [3.05, 3.63) is 47.4 Å². The summed E-state index contributed by atoms with van der Waals surface area (Å²) in [6.45, 7) is 0.444. The topological polar surface area (TPSA) is 68.5 Å². The Bertz CT molecular complexity index is 737. The van der Waals surface area contributed by atoms with Crippen molar-refractivity contribution in [2.45, 2.75) is 13.0 Å². The van der Waals surface area contributed by atoms with Crippen molar-refractivity contribution in [3.63, 3.8) is 0 Å². The Labute approximate surface area is 125 Å². The summed E-state index contributed by atoms with van der Waals surface area (Å²) in [7, 11) is 1.56. The molecule has 6 nitrogen and oxygen atoms in total. The lowest BCUT2D eigenvalue weighted by Crippen LogP contribution is -2.24. The molecule has 1 N–H and O–H groups in total. The summed E-state index contributed by atoms with van der Waals surface area (Å²) in [5, 5.41) is 4.83. The first-order chi connectivity index (χ1) is 10.2. The van der Waals surface area contributed by atoms with E-state index in [1.165, 1.54) is 0 Å². The van der Waals surface area contributed by atoms with Crippen LogP contribution in [0, 0.1) is 0 Å². The Balaban J connectivity index is 1.57. The molecular weight excluding hydrogens is 288 g/mol. The van der Waals surface area contributed by atoms with Gasteiger partial charge in [-0.15, -0.1) is 11.3 Å².